The van der Waals surface area contributed by atoms with Crippen LogP contribution in [0, 0.1) is 0 Å². The average Bonchev–Trinajstić information content (AvgIpc) is 2.28. The van der Waals surface area contributed by atoms with Crippen LogP contribution in [0.5, 0.6) is 0 Å². The lowest BCUT2D eigenvalue weighted by Gasteiger charge is -2.07. The molecule has 0 amide bonds. The molecule has 0 atom stereocenters. The van der Waals surface area contributed by atoms with Crippen molar-refractivity contribution in [2.75, 3.05) is 0 Å². The zero-order chi connectivity index (χ0) is 12.4. The third kappa shape index (κ3) is 2.68. The molecule has 2 nitrogen and oxygen atoms in total. The van der Waals surface area contributed by atoms with E-state index in [4.69, 9.17) is 16.7 Å². The number of carboxylic acid groups (broad SMARTS) is 1. The van der Waals surface area contributed by atoms with Gasteiger partial charge in [0.05, 0.1) is 5.56 Å². The van der Waals surface area contributed by atoms with Gasteiger partial charge in [-0.25, -0.2) is 4.79 Å². The number of carboxylic acids is 1. The predicted octanol–water partition coefficient (Wildman–Crippen LogP) is 4.47. The third-order valence-electron chi connectivity index (χ3n) is 2.35. The van der Waals surface area contributed by atoms with Crippen LogP contribution in [0.25, 0.3) is 11.1 Å². The van der Waals surface area contributed by atoms with E-state index in [2.05, 4.69) is 15.9 Å². The van der Waals surface area contributed by atoms with Crippen LogP contribution in [0.4, 0.5) is 0 Å². The quantitative estimate of drug-likeness (QED) is 0.888. The van der Waals surface area contributed by atoms with Gasteiger partial charge in [-0.15, -0.1) is 0 Å². The van der Waals surface area contributed by atoms with Gasteiger partial charge in [-0.05, 0) is 41.5 Å². The lowest BCUT2D eigenvalue weighted by Crippen LogP contribution is -1.99. The molecule has 2 aromatic carbocycles. The van der Waals surface area contributed by atoms with Crippen LogP contribution in [-0.4, -0.2) is 11.1 Å². The molecule has 0 unspecified atom stereocenters. The highest BCUT2D eigenvalue weighted by molar-refractivity contribution is 9.10. The number of hydrogen-bond acceptors (Lipinski definition) is 1. The van der Waals surface area contributed by atoms with Crippen molar-refractivity contribution in [3.05, 3.63) is 57.5 Å². The van der Waals surface area contributed by atoms with Crippen LogP contribution in [0.1, 0.15) is 10.4 Å². The first-order valence-electron chi connectivity index (χ1n) is 4.87. The third-order valence-corrected chi connectivity index (χ3v) is 3.08. The minimum Gasteiger partial charge on any atom is -0.478 e. The standard InChI is InChI=1S/C13H8BrClO2/c14-9-3-1-2-8(6-9)12-7-10(15)4-5-11(12)13(16)17/h1-7H,(H,16,17). The van der Waals surface area contributed by atoms with Crippen molar-refractivity contribution in [2.24, 2.45) is 0 Å². The zero-order valence-corrected chi connectivity index (χ0v) is 11.0. The van der Waals surface area contributed by atoms with E-state index in [0.29, 0.717) is 10.6 Å². The first kappa shape index (κ1) is 12.1. The summed E-state index contributed by atoms with van der Waals surface area (Å²) in [6.45, 7) is 0. The molecule has 1 N–H and O–H groups in total. The highest BCUT2D eigenvalue weighted by Crippen LogP contribution is 2.28. The average molecular weight is 312 g/mol. The van der Waals surface area contributed by atoms with E-state index in [9.17, 15) is 4.79 Å². The monoisotopic (exact) mass is 310 g/mol. The second-order valence-electron chi connectivity index (χ2n) is 3.51. The molecule has 17 heavy (non-hydrogen) atoms. The van der Waals surface area contributed by atoms with Crippen LogP contribution in [0.3, 0.4) is 0 Å². The van der Waals surface area contributed by atoms with Crippen molar-refractivity contribution in [3.8, 4) is 11.1 Å². The predicted molar refractivity (Wildman–Crippen MR) is 71.5 cm³/mol. The van der Waals surface area contributed by atoms with Crippen LogP contribution in [0.2, 0.25) is 5.02 Å². The molecule has 0 aliphatic heterocycles. The first-order chi connectivity index (χ1) is 8.08. The Morgan fingerprint density at radius 2 is 1.94 bits per heavy atom. The molecular weight excluding hydrogens is 303 g/mol. The molecule has 0 bridgehead atoms. The molecule has 0 heterocycles. The maximum atomic E-state index is 11.1. The minimum atomic E-state index is -0.961. The lowest BCUT2D eigenvalue weighted by atomic mass is 10.00. The summed E-state index contributed by atoms with van der Waals surface area (Å²) in [6, 6.07) is 12.2. The fraction of sp³-hybridized carbons (Fsp3) is 0. The summed E-state index contributed by atoms with van der Waals surface area (Å²) in [6.07, 6.45) is 0. The van der Waals surface area contributed by atoms with Gasteiger partial charge in [-0.2, -0.15) is 0 Å². The normalized spacial score (nSPS) is 10.2. The van der Waals surface area contributed by atoms with Gasteiger partial charge < -0.3 is 5.11 Å². The Morgan fingerprint density at radius 3 is 2.59 bits per heavy atom. The van der Waals surface area contributed by atoms with Crippen LogP contribution in [-0.2, 0) is 0 Å². The molecule has 0 saturated heterocycles. The Hall–Kier alpha value is -1.32. The SMILES string of the molecule is O=C(O)c1ccc(Cl)cc1-c1cccc(Br)c1. The Labute approximate surface area is 112 Å². The van der Waals surface area contributed by atoms with Crippen LogP contribution >= 0.6 is 27.5 Å². The van der Waals surface area contributed by atoms with Crippen molar-refractivity contribution >= 4 is 33.5 Å². The number of rotatable bonds is 2. The molecule has 86 valence electrons. The van der Waals surface area contributed by atoms with Gasteiger partial charge in [0, 0.05) is 9.50 Å². The van der Waals surface area contributed by atoms with Gasteiger partial charge in [0.15, 0.2) is 0 Å². The molecule has 0 spiro atoms. The molecule has 0 aliphatic rings. The number of aromatic carboxylic acids is 1. The van der Waals surface area contributed by atoms with Crippen molar-refractivity contribution in [3.63, 3.8) is 0 Å². The maximum Gasteiger partial charge on any atom is 0.336 e. The molecule has 0 radical (unpaired) electrons. The molecule has 0 fully saturated rings. The van der Waals surface area contributed by atoms with Crippen molar-refractivity contribution in [2.45, 2.75) is 0 Å². The first-order valence-corrected chi connectivity index (χ1v) is 6.04. The molecule has 0 aliphatic carbocycles. The topological polar surface area (TPSA) is 37.3 Å². The zero-order valence-electron chi connectivity index (χ0n) is 8.65. The number of halogens is 2. The summed E-state index contributed by atoms with van der Waals surface area (Å²) in [4.78, 5) is 11.1. The molecule has 2 rings (SSSR count). The number of carbonyl (C=O) groups is 1. The maximum absolute atomic E-state index is 11.1. The van der Waals surface area contributed by atoms with Gasteiger partial charge in [0.1, 0.15) is 0 Å². The molecular formula is C13H8BrClO2. The molecule has 0 aromatic heterocycles. The Balaban J connectivity index is 2.65. The van der Waals surface area contributed by atoms with Crippen molar-refractivity contribution < 1.29 is 9.90 Å². The van der Waals surface area contributed by atoms with E-state index < -0.39 is 5.97 Å². The highest BCUT2D eigenvalue weighted by atomic mass is 79.9. The summed E-state index contributed by atoms with van der Waals surface area (Å²) < 4.78 is 0.895. The van der Waals surface area contributed by atoms with Gasteiger partial charge in [-0.3, -0.25) is 0 Å². The Kier molecular flexibility index (Phi) is 3.50. The summed E-state index contributed by atoms with van der Waals surface area (Å²) in [5.74, 6) is -0.961. The largest absolute Gasteiger partial charge is 0.478 e. The number of hydrogen-bond donors (Lipinski definition) is 1. The van der Waals surface area contributed by atoms with E-state index in [1.165, 1.54) is 6.07 Å². The summed E-state index contributed by atoms with van der Waals surface area (Å²) in [5, 5.41) is 9.65. The molecule has 4 heteroatoms. The molecule has 2 aromatic rings. The van der Waals surface area contributed by atoms with Crippen molar-refractivity contribution in [1.82, 2.24) is 0 Å². The van der Waals surface area contributed by atoms with E-state index in [1.807, 2.05) is 24.3 Å². The summed E-state index contributed by atoms with van der Waals surface area (Å²) in [5.41, 5.74) is 1.68. The van der Waals surface area contributed by atoms with E-state index in [0.717, 1.165) is 10.0 Å². The van der Waals surface area contributed by atoms with Crippen LogP contribution < -0.4 is 0 Å². The van der Waals surface area contributed by atoms with Gasteiger partial charge in [0.25, 0.3) is 0 Å². The summed E-state index contributed by atoms with van der Waals surface area (Å²) >= 11 is 9.27. The Morgan fingerprint density at radius 1 is 1.18 bits per heavy atom. The highest BCUT2D eigenvalue weighted by Gasteiger charge is 2.12. The smallest absolute Gasteiger partial charge is 0.336 e. The second-order valence-corrected chi connectivity index (χ2v) is 4.86. The van der Waals surface area contributed by atoms with E-state index in [1.54, 1.807) is 12.1 Å². The number of benzene rings is 2. The molecule has 0 saturated carbocycles. The van der Waals surface area contributed by atoms with E-state index in [-0.39, 0.29) is 5.56 Å². The minimum absolute atomic E-state index is 0.243. The summed E-state index contributed by atoms with van der Waals surface area (Å²) in [7, 11) is 0. The van der Waals surface area contributed by atoms with Crippen molar-refractivity contribution in [1.29, 1.82) is 0 Å². The second kappa shape index (κ2) is 4.90. The van der Waals surface area contributed by atoms with Gasteiger partial charge in [0.2, 0.25) is 0 Å². The fourth-order valence-electron chi connectivity index (χ4n) is 1.60. The van der Waals surface area contributed by atoms with Crippen LogP contribution in [0.15, 0.2) is 46.9 Å². The Bertz CT molecular complexity index is 581. The lowest BCUT2D eigenvalue weighted by molar-refractivity contribution is 0.0698. The van der Waals surface area contributed by atoms with Gasteiger partial charge >= 0.3 is 5.97 Å². The van der Waals surface area contributed by atoms with Gasteiger partial charge in [-0.1, -0.05) is 39.7 Å². The van der Waals surface area contributed by atoms with E-state index >= 15 is 0 Å². The fourth-order valence-corrected chi connectivity index (χ4v) is 2.17.